The molecule has 1 aromatic heterocycles. The van der Waals surface area contributed by atoms with Gasteiger partial charge in [0.2, 0.25) is 5.91 Å². The number of nitrogens with one attached hydrogen (secondary N) is 3. The summed E-state index contributed by atoms with van der Waals surface area (Å²) in [6.45, 7) is 5.98. The van der Waals surface area contributed by atoms with E-state index in [0.717, 1.165) is 35.5 Å². The molecule has 2 aliphatic heterocycles. The molecule has 0 aliphatic carbocycles. The molecular weight excluding hydrogens is 361 g/mol. The maximum atomic E-state index is 12.4. The van der Waals surface area contributed by atoms with Crippen LogP contribution in [0.25, 0.3) is 11.6 Å². The van der Waals surface area contributed by atoms with Crippen LogP contribution < -0.4 is 10.6 Å². The molecule has 3 heterocycles. The number of likely N-dealkylation sites (tertiary alicyclic amines) is 1. The van der Waals surface area contributed by atoms with Gasteiger partial charge in [0.05, 0.1) is 0 Å². The van der Waals surface area contributed by atoms with Gasteiger partial charge in [0.25, 0.3) is 5.91 Å². The summed E-state index contributed by atoms with van der Waals surface area (Å²) in [6.07, 6.45) is 5.32. The standard InChI is InChI=1S/C22H25N4O2.Be.H/c1-15-13-20(22(28)23-9-6-12-26-10-4-5-11-26)24-19(15)14-17-16-7-2-3-8-18(16)25-21(17)27;;/h3,7-8,13-14,24H,4-6,9-12H2,1H3,(H,23,28)(H,25,27);;/q-1;+2;-1/b17-14-;;. The number of aryl methyl sites for hydroxylation is 1. The van der Waals surface area contributed by atoms with E-state index in [1.54, 1.807) is 18.2 Å². The molecule has 2 amide bonds. The molecule has 7 heteroatoms. The molecule has 1 fully saturated rings. The van der Waals surface area contributed by atoms with Crippen LogP contribution >= 0.6 is 0 Å². The third kappa shape index (κ3) is 4.66. The van der Waals surface area contributed by atoms with E-state index in [-0.39, 0.29) is 23.4 Å². The molecule has 0 bridgehead atoms. The summed E-state index contributed by atoms with van der Waals surface area (Å²) in [4.78, 5) is 30.3. The first-order valence-electron chi connectivity index (χ1n) is 9.85. The van der Waals surface area contributed by atoms with Crippen molar-refractivity contribution in [2.24, 2.45) is 0 Å². The van der Waals surface area contributed by atoms with Crippen molar-refractivity contribution in [2.45, 2.75) is 26.2 Å². The number of H-pyrrole nitrogens is 1. The summed E-state index contributed by atoms with van der Waals surface area (Å²) in [5, 5.41) is 5.83. The van der Waals surface area contributed by atoms with E-state index in [1.165, 1.54) is 25.9 Å². The summed E-state index contributed by atoms with van der Waals surface area (Å²) >= 11 is 0. The van der Waals surface area contributed by atoms with Crippen molar-refractivity contribution in [3.05, 3.63) is 52.8 Å². The van der Waals surface area contributed by atoms with Crippen LogP contribution in [-0.2, 0) is 4.79 Å². The third-order valence-corrected chi connectivity index (χ3v) is 5.37. The maximum absolute atomic E-state index is 12.4. The number of carbonyl (C=O) groups is 2. The largest absolute Gasteiger partial charge is 2.00 e. The molecule has 0 saturated carbocycles. The van der Waals surface area contributed by atoms with E-state index in [0.29, 0.717) is 17.8 Å². The normalized spacial score (nSPS) is 17.1. The minimum absolute atomic E-state index is 0. The minimum atomic E-state index is -0.142. The predicted molar refractivity (Wildman–Crippen MR) is 117 cm³/mol. The Morgan fingerprint density at radius 1 is 1.38 bits per heavy atom. The first kappa shape index (κ1) is 21.0. The van der Waals surface area contributed by atoms with Gasteiger partial charge in [-0.05, 0) is 69.1 Å². The molecule has 0 atom stereocenters. The van der Waals surface area contributed by atoms with Crippen LogP contribution in [0.1, 0.15) is 48.0 Å². The Bertz CT molecular complexity index is 935. The second-order valence-electron chi connectivity index (χ2n) is 7.42. The number of aromatic nitrogens is 1. The quantitative estimate of drug-likeness (QED) is 0.309. The number of nitrogens with zero attached hydrogens (tertiary/aromatic N) is 1. The van der Waals surface area contributed by atoms with Gasteiger partial charge in [-0.15, -0.1) is 6.07 Å². The van der Waals surface area contributed by atoms with Crippen molar-refractivity contribution in [3.8, 4) is 0 Å². The number of anilines is 1. The molecular formula is C22H26BeN4O2. The first-order valence-corrected chi connectivity index (χ1v) is 9.85. The van der Waals surface area contributed by atoms with Crippen LogP contribution in [0.4, 0.5) is 5.69 Å². The van der Waals surface area contributed by atoms with Crippen molar-refractivity contribution >= 4 is 39.3 Å². The average Bonchev–Trinajstić information content (AvgIpc) is 3.40. The zero-order chi connectivity index (χ0) is 19.5. The summed E-state index contributed by atoms with van der Waals surface area (Å²) in [7, 11) is 0. The Morgan fingerprint density at radius 3 is 2.97 bits per heavy atom. The Labute approximate surface area is 176 Å². The van der Waals surface area contributed by atoms with Gasteiger partial charge in [-0.1, -0.05) is 11.3 Å². The number of fused-ring (bicyclic) bond motifs is 1. The molecule has 0 spiro atoms. The van der Waals surface area contributed by atoms with Crippen molar-refractivity contribution < 1.29 is 11.0 Å². The number of benzene rings is 1. The zero-order valence-electron chi connectivity index (χ0n) is 17.8. The molecule has 6 nitrogen and oxygen atoms in total. The predicted octanol–water partition coefficient (Wildman–Crippen LogP) is 2.56. The molecule has 1 aromatic carbocycles. The molecule has 2 aromatic rings. The molecule has 2 aliphatic rings. The van der Waals surface area contributed by atoms with Crippen molar-refractivity contribution in [2.75, 3.05) is 31.5 Å². The van der Waals surface area contributed by atoms with Gasteiger partial charge in [-0.3, -0.25) is 9.59 Å². The van der Waals surface area contributed by atoms with E-state index in [1.807, 2.05) is 19.1 Å². The summed E-state index contributed by atoms with van der Waals surface area (Å²) in [5.41, 5.74) is 4.41. The van der Waals surface area contributed by atoms with E-state index < -0.39 is 0 Å². The van der Waals surface area contributed by atoms with Gasteiger partial charge in [-0.25, -0.2) is 0 Å². The molecule has 1 saturated heterocycles. The first-order chi connectivity index (χ1) is 13.6. The van der Waals surface area contributed by atoms with Gasteiger partial charge < -0.3 is 21.9 Å². The molecule has 0 unspecified atom stereocenters. The number of rotatable bonds is 6. The molecule has 4 rings (SSSR count). The summed E-state index contributed by atoms with van der Waals surface area (Å²) < 4.78 is 0. The summed E-state index contributed by atoms with van der Waals surface area (Å²) in [6, 6.07) is 10.2. The Kier molecular flexibility index (Phi) is 6.67. The SMILES string of the molecule is Cc1cc(C(=O)NCCCN2CCCC2)[nH]c1/C=C1\C(=O)Nc2cc[c-]cc21.[Be+2].[H-]. The van der Waals surface area contributed by atoms with E-state index in [2.05, 4.69) is 26.6 Å². The second-order valence-corrected chi connectivity index (χ2v) is 7.42. The fourth-order valence-corrected chi connectivity index (χ4v) is 3.81. The monoisotopic (exact) mass is 387 g/mol. The van der Waals surface area contributed by atoms with Gasteiger partial charge in [0.1, 0.15) is 5.69 Å². The number of hydrogen-bond acceptors (Lipinski definition) is 3. The number of aromatic amines is 1. The smallest absolute Gasteiger partial charge is 1.00 e. The van der Waals surface area contributed by atoms with Gasteiger partial charge >= 0.3 is 10.1 Å². The molecule has 148 valence electrons. The Morgan fingerprint density at radius 2 is 2.17 bits per heavy atom. The van der Waals surface area contributed by atoms with Crippen molar-refractivity contribution in [1.29, 1.82) is 0 Å². The number of hydrogen-bond donors (Lipinski definition) is 3. The van der Waals surface area contributed by atoms with Gasteiger partial charge in [0.15, 0.2) is 0 Å². The van der Waals surface area contributed by atoms with E-state index in [4.69, 9.17) is 0 Å². The van der Waals surface area contributed by atoms with E-state index in [9.17, 15) is 9.59 Å². The second kappa shape index (κ2) is 9.20. The average molecular weight is 387 g/mol. The minimum Gasteiger partial charge on any atom is -1.00 e. The number of carbonyl (C=O) groups excluding carboxylic acids is 2. The third-order valence-electron chi connectivity index (χ3n) is 5.37. The fraction of sp³-hybridized carbons (Fsp3) is 0.364. The molecule has 0 radical (unpaired) electrons. The van der Waals surface area contributed by atoms with Crippen LogP contribution in [0.15, 0.2) is 24.3 Å². The Hall–Kier alpha value is -2.69. The van der Waals surface area contributed by atoms with Crippen LogP contribution in [0.5, 0.6) is 0 Å². The van der Waals surface area contributed by atoms with Crippen LogP contribution in [0.2, 0.25) is 0 Å². The van der Waals surface area contributed by atoms with Crippen LogP contribution in [0.3, 0.4) is 0 Å². The topological polar surface area (TPSA) is 77.2 Å². The van der Waals surface area contributed by atoms with Crippen LogP contribution in [-0.4, -0.2) is 58.0 Å². The summed E-state index contributed by atoms with van der Waals surface area (Å²) in [5.74, 6) is -0.254. The van der Waals surface area contributed by atoms with Crippen molar-refractivity contribution in [3.63, 3.8) is 0 Å². The van der Waals surface area contributed by atoms with Crippen molar-refractivity contribution in [1.82, 2.24) is 15.2 Å². The molecule has 3 N–H and O–H groups in total. The zero-order valence-corrected chi connectivity index (χ0v) is 16.8. The fourth-order valence-electron chi connectivity index (χ4n) is 3.81. The van der Waals surface area contributed by atoms with Crippen LogP contribution in [0, 0.1) is 13.0 Å². The maximum Gasteiger partial charge on any atom is 2.00 e. The van der Waals surface area contributed by atoms with E-state index >= 15 is 0 Å². The van der Waals surface area contributed by atoms with Gasteiger partial charge in [-0.2, -0.15) is 18.2 Å². The van der Waals surface area contributed by atoms with Gasteiger partial charge in [0, 0.05) is 12.2 Å². The Balaban J connectivity index is 0.00000160. The molecule has 29 heavy (non-hydrogen) atoms. The number of amides is 2.